The normalized spacial score (nSPS) is 43.2. The molecule has 1 N–H and O–H groups in total. The third-order valence-corrected chi connectivity index (χ3v) is 5.94. The lowest BCUT2D eigenvalue weighted by molar-refractivity contribution is -0.366. The zero-order valence-electron chi connectivity index (χ0n) is 10.7. The van der Waals surface area contributed by atoms with Crippen molar-refractivity contribution in [1.29, 1.82) is 0 Å². The summed E-state index contributed by atoms with van der Waals surface area (Å²) in [5, 5.41) is 9.55. The van der Waals surface area contributed by atoms with Gasteiger partial charge in [0.2, 0.25) is 0 Å². The van der Waals surface area contributed by atoms with Crippen LogP contribution in [0.1, 0.15) is 45.8 Å². The van der Waals surface area contributed by atoms with Crippen molar-refractivity contribution in [2.75, 3.05) is 0 Å². The molecule has 0 radical (unpaired) electrons. The maximum Gasteiger partial charge on any atom is 0.166 e. The zero-order valence-corrected chi connectivity index (χ0v) is 10.7. The smallest absolute Gasteiger partial charge is 0.166 e. The second kappa shape index (κ2) is 3.15. The predicted octanol–water partition coefficient (Wildman–Crippen LogP) is 3.81. The molecule has 0 unspecified atom stereocenters. The van der Waals surface area contributed by atoms with Crippen LogP contribution in [0.2, 0.25) is 0 Å². The van der Waals surface area contributed by atoms with E-state index < -0.39 is 5.60 Å². The first-order chi connectivity index (χ1) is 7.98. The molecular weight excluding hydrogens is 216 g/mol. The van der Waals surface area contributed by atoms with Gasteiger partial charge in [-0.2, -0.15) is 0 Å². The summed E-state index contributed by atoms with van der Waals surface area (Å²) in [7, 11) is 0. The van der Waals surface area contributed by atoms with Gasteiger partial charge in [0.1, 0.15) is 5.76 Å². The van der Waals surface area contributed by atoms with Crippen molar-refractivity contribution >= 4 is 0 Å². The summed E-state index contributed by atoms with van der Waals surface area (Å²) in [6.07, 6.45) is 4.79. The minimum atomic E-state index is -0.664. The number of furan rings is 1. The Hall–Kier alpha value is -0.800. The van der Waals surface area contributed by atoms with E-state index in [0.717, 1.165) is 18.6 Å². The van der Waals surface area contributed by atoms with E-state index in [1.807, 2.05) is 12.1 Å². The lowest BCUT2D eigenvalue weighted by Crippen LogP contribution is -2.46. The zero-order chi connectivity index (χ0) is 12.3. The molecule has 2 fully saturated rings. The Morgan fingerprint density at radius 3 is 2.59 bits per heavy atom. The number of rotatable bonds is 2. The predicted molar refractivity (Wildman–Crippen MR) is 63.3 cm³/mol. The van der Waals surface area contributed by atoms with Crippen LogP contribution in [-0.4, -0.2) is 5.26 Å². The number of fused-ring (bicyclic) bond motifs is 2. The van der Waals surface area contributed by atoms with Gasteiger partial charge in [-0.3, -0.25) is 5.26 Å². The van der Waals surface area contributed by atoms with Crippen LogP contribution in [0.15, 0.2) is 22.8 Å². The fourth-order valence-corrected chi connectivity index (χ4v) is 4.31. The molecule has 0 spiro atoms. The topological polar surface area (TPSA) is 42.6 Å². The van der Waals surface area contributed by atoms with E-state index in [9.17, 15) is 5.26 Å². The highest BCUT2D eigenvalue weighted by atomic mass is 17.1. The summed E-state index contributed by atoms with van der Waals surface area (Å²) in [5.74, 6) is 1.35. The van der Waals surface area contributed by atoms with Gasteiger partial charge < -0.3 is 4.42 Å². The summed E-state index contributed by atoms with van der Waals surface area (Å²) in [5.41, 5.74) is -0.567. The average Bonchev–Trinajstić information content (AvgIpc) is 2.93. The Balaban J connectivity index is 2.16. The molecule has 1 heterocycles. The lowest BCUT2D eigenvalue weighted by Gasteiger charge is -2.44. The molecule has 2 aliphatic carbocycles. The second-order valence-electron chi connectivity index (χ2n) is 6.39. The van der Waals surface area contributed by atoms with Gasteiger partial charge in [-0.05, 0) is 42.7 Å². The van der Waals surface area contributed by atoms with E-state index >= 15 is 0 Å². The Labute approximate surface area is 102 Å². The van der Waals surface area contributed by atoms with Crippen LogP contribution in [0.25, 0.3) is 0 Å². The van der Waals surface area contributed by atoms with Gasteiger partial charge in [0.05, 0.1) is 6.26 Å². The molecule has 1 aromatic rings. The SMILES string of the molecule is CC1(C)[C@@H]2CC[C@]1(C)[C@@](OO)(c1ccco1)C2. The van der Waals surface area contributed by atoms with Crippen molar-refractivity contribution in [2.24, 2.45) is 16.7 Å². The maximum absolute atomic E-state index is 9.55. The highest BCUT2D eigenvalue weighted by molar-refractivity contribution is 5.26. The number of hydrogen-bond acceptors (Lipinski definition) is 3. The Kier molecular flexibility index (Phi) is 2.09. The second-order valence-corrected chi connectivity index (χ2v) is 6.39. The fourth-order valence-electron chi connectivity index (χ4n) is 4.31. The highest BCUT2D eigenvalue weighted by Crippen LogP contribution is 2.73. The molecular formula is C14H20O3. The summed E-state index contributed by atoms with van der Waals surface area (Å²) in [4.78, 5) is 5.02. The minimum absolute atomic E-state index is 0.0722. The molecule has 2 saturated carbocycles. The first kappa shape index (κ1) is 11.3. The summed E-state index contributed by atoms with van der Waals surface area (Å²) >= 11 is 0. The Bertz CT molecular complexity index is 423. The molecule has 94 valence electrons. The molecule has 0 saturated heterocycles. The molecule has 2 bridgehead atoms. The molecule has 3 rings (SSSR count). The third kappa shape index (κ3) is 1.05. The standard InChI is InChI=1S/C14H20O3/c1-12(2)10-6-7-13(12,3)14(9-10,17-15)11-5-4-8-16-11/h4-5,8,10,15H,6-7,9H2,1-3H3/t10-,13+,14+/m1/s1. The van der Waals surface area contributed by atoms with Crippen molar-refractivity contribution in [3.63, 3.8) is 0 Å². The van der Waals surface area contributed by atoms with Crippen molar-refractivity contribution in [3.8, 4) is 0 Å². The maximum atomic E-state index is 9.55. The minimum Gasteiger partial charge on any atom is -0.466 e. The van der Waals surface area contributed by atoms with Gasteiger partial charge in [-0.15, -0.1) is 0 Å². The summed E-state index contributed by atoms with van der Waals surface area (Å²) in [6.45, 7) is 6.79. The molecule has 0 aromatic carbocycles. The van der Waals surface area contributed by atoms with Crippen molar-refractivity contribution < 1.29 is 14.6 Å². The van der Waals surface area contributed by atoms with Gasteiger partial charge >= 0.3 is 0 Å². The summed E-state index contributed by atoms with van der Waals surface area (Å²) < 4.78 is 5.54. The molecule has 2 aliphatic rings. The molecule has 1 aromatic heterocycles. The first-order valence-electron chi connectivity index (χ1n) is 6.34. The fraction of sp³-hybridized carbons (Fsp3) is 0.714. The van der Waals surface area contributed by atoms with E-state index in [1.165, 1.54) is 6.42 Å². The van der Waals surface area contributed by atoms with E-state index in [-0.39, 0.29) is 10.8 Å². The van der Waals surface area contributed by atoms with Crippen molar-refractivity contribution in [3.05, 3.63) is 24.2 Å². The molecule has 17 heavy (non-hydrogen) atoms. The first-order valence-corrected chi connectivity index (χ1v) is 6.34. The van der Waals surface area contributed by atoms with Gasteiger partial charge in [0, 0.05) is 5.41 Å². The third-order valence-electron chi connectivity index (χ3n) is 5.94. The molecule has 0 aliphatic heterocycles. The van der Waals surface area contributed by atoms with Gasteiger partial charge in [-0.25, -0.2) is 4.89 Å². The average molecular weight is 236 g/mol. The van der Waals surface area contributed by atoms with Crippen molar-refractivity contribution in [1.82, 2.24) is 0 Å². The Morgan fingerprint density at radius 1 is 1.41 bits per heavy atom. The van der Waals surface area contributed by atoms with Crippen LogP contribution in [0.3, 0.4) is 0 Å². The van der Waals surface area contributed by atoms with Gasteiger partial charge in [0.25, 0.3) is 0 Å². The molecule has 3 atom stereocenters. The largest absolute Gasteiger partial charge is 0.466 e. The van der Waals surface area contributed by atoms with Crippen LogP contribution < -0.4 is 0 Å². The van der Waals surface area contributed by atoms with Crippen LogP contribution in [0.5, 0.6) is 0 Å². The monoisotopic (exact) mass is 236 g/mol. The van der Waals surface area contributed by atoms with Crippen molar-refractivity contribution in [2.45, 2.75) is 45.6 Å². The van der Waals surface area contributed by atoms with Crippen LogP contribution in [-0.2, 0) is 10.5 Å². The van der Waals surface area contributed by atoms with Crippen LogP contribution >= 0.6 is 0 Å². The van der Waals surface area contributed by atoms with E-state index in [1.54, 1.807) is 6.26 Å². The highest BCUT2D eigenvalue weighted by Gasteiger charge is 2.71. The van der Waals surface area contributed by atoms with Gasteiger partial charge in [0.15, 0.2) is 5.60 Å². The van der Waals surface area contributed by atoms with E-state index in [0.29, 0.717) is 5.92 Å². The lowest BCUT2D eigenvalue weighted by atomic mass is 9.63. The Morgan fingerprint density at radius 2 is 2.18 bits per heavy atom. The van der Waals surface area contributed by atoms with E-state index in [2.05, 4.69) is 20.8 Å². The summed E-state index contributed by atoms with van der Waals surface area (Å²) in [6, 6.07) is 3.77. The molecule has 3 heteroatoms. The van der Waals surface area contributed by atoms with Gasteiger partial charge in [-0.1, -0.05) is 20.8 Å². The van der Waals surface area contributed by atoms with Crippen LogP contribution in [0.4, 0.5) is 0 Å². The van der Waals surface area contributed by atoms with E-state index in [4.69, 9.17) is 9.30 Å². The van der Waals surface area contributed by atoms with Crippen LogP contribution in [0, 0.1) is 16.7 Å². The quantitative estimate of drug-likeness (QED) is 0.627. The molecule has 0 amide bonds. The number of hydrogen-bond donors (Lipinski definition) is 1. The molecule has 3 nitrogen and oxygen atoms in total.